The van der Waals surface area contributed by atoms with Crippen LogP contribution in [0.2, 0.25) is 0 Å². The van der Waals surface area contributed by atoms with Crippen molar-refractivity contribution < 1.29 is 18.7 Å². The van der Waals surface area contributed by atoms with Crippen LogP contribution in [0, 0.1) is 17.7 Å². The third-order valence-corrected chi connectivity index (χ3v) is 4.00. The molecule has 0 unspecified atom stereocenters. The van der Waals surface area contributed by atoms with E-state index in [-0.39, 0.29) is 12.2 Å². The number of aliphatic hydroxyl groups excluding tert-OH is 1. The molecule has 1 saturated carbocycles. The fourth-order valence-corrected chi connectivity index (χ4v) is 2.54. The number of carbonyl (C=O) groups excluding carboxylic acids is 1. The van der Waals surface area contributed by atoms with Crippen molar-refractivity contribution in [3.8, 4) is 0 Å². The van der Waals surface area contributed by atoms with Crippen molar-refractivity contribution in [1.29, 1.82) is 0 Å². The molecule has 6 heteroatoms. The topological polar surface area (TPSA) is 62.2 Å². The molecule has 0 aromatic carbocycles. The number of amides is 1. The normalized spacial score (nSPS) is 26.3. The van der Waals surface area contributed by atoms with Crippen LogP contribution in [0.5, 0.6) is 0 Å². The second-order valence-electron chi connectivity index (χ2n) is 5.54. The highest BCUT2D eigenvalue weighted by Gasteiger charge is 2.35. The molecule has 1 aromatic rings. The first-order chi connectivity index (χ1) is 9.47. The Bertz CT molecular complexity index is 500. The fourth-order valence-electron chi connectivity index (χ4n) is 2.54. The van der Waals surface area contributed by atoms with E-state index in [0.29, 0.717) is 18.8 Å². The van der Waals surface area contributed by atoms with Crippen molar-refractivity contribution in [1.82, 2.24) is 10.3 Å². The first-order valence-electron chi connectivity index (χ1n) is 6.71. The number of hydrogen-bond acceptors (Lipinski definition) is 3. The van der Waals surface area contributed by atoms with Crippen molar-refractivity contribution in [3.05, 3.63) is 29.6 Å². The lowest BCUT2D eigenvalue weighted by Crippen LogP contribution is -2.53. The summed E-state index contributed by atoms with van der Waals surface area (Å²) >= 11 is 0. The average Bonchev–Trinajstić information content (AvgIpc) is 2.44. The van der Waals surface area contributed by atoms with Gasteiger partial charge in [0.25, 0.3) is 5.91 Å². The van der Waals surface area contributed by atoms with Crippen LogP contribution in [0.1, 0.15) is 43.0 Å². The van der Waals surface area contributed by atoms with Gasteiger partial charge in [0.2, 0.25) is 5.95 Å². The Hall–Kier alpha value is -1.56. The second kappa shape index (κ2) is 5.83. The Morgan fingerprint density at radius 1 is 1.50 bits per heavy atom. The standard InChI is InChI=1S/C14H18F2N2O2/c1-9-2-5-14(8-19,6-3-9)18-13(20)10-4-7-17-12(16)11(10)15/h4,7,9,19H,2-3,5-6,8H2,1H3,(H,18,20). The molecule has 0 atom stereocenters. The van der Waals surface area contributed by atoms with E-state index < -0.39 is 23.2 Å². The molecule has 1 aliphatic carbocycles. The number of nitrogens with zero attached hydrogens (tertiary/aromatic N) is 1. The molecule has 0 saturated heterocycles. The minimum Gasteiger partial charge on any atom is -0.394 e. The van der Waals surface area contributed by atoms with Crippen LogP contribution in [0.3, 0.4) is 0 Å². The number of hydrogen-bond donors (Lipinski definition) is 2. The molecule has 0 spiro atoms. The third-order valence-electron chi connectivity index (χ3n) is 4.00. The number of aliphatic hydroxyl groups is 1. The monoisotopic (exact) mass is 284 g/mol. The molecular formula is C14H18F2N2O2. The first kappa shape index (κ1) is 14.8. The summed E-state index contributed by atoms with van der Waals surface area (Å²) in [5.41, 5.74) is -1.13. The van der Waals surface area contributed by atoms with Crippen LogP contribution < -0.4 is 5.32 Å². The highest BCUT2D eigenvalue weighted by atomic mass is 19.2. The highest BCUT2D eigenvalue weighted by Crippen LogP contribution is 2.31. The van der Waals surface area contributed by atoms with Gasteiger partial charge in [-0.2, -0.15) is 4.39 Å². The largest absolute Gasteiger partial charge is 0.394 e. The van der Waals surface area contributed by atoms with Crippen molar-refractivity contribution >= 4 is 5.91 Å². The Morgan fingerprint density at radius 2 is 2.15 bits per heavy atom. The molecule has 2 N–H and O–H groups in total. The van der Waals surface area contributed by atoms with Gasteiger partial charge < -0.3 is 10.4 Å². The number of carbonyl (C=O) groups is 1. The predicted octanol–water partition coefficient (Wildman–Crippen LogP) is 2.03. The second-order valence-corrected chi connectivity index (χ2v) is 5.54. The summed E-state index contributed by atoms with van der Waals surface area (Å²) in [6.45, 7) is 1.90. The van der Waals surface area contributed by atoms with Crippen LogP contribution in [0.15, 0.2) is 12.3 Å². The van der Waals surface area contributed by atoms with E-state index in [2.05, 4.69) is 17.2 Å². The average molecular weight is 284 g/mol. The summed E-state index contributed by atoms with van der Waals surface area (Å²) in [6.07, 6.45) is 4.07. The molecule has 20 heavy (non-hydrogen) atoms. The Balaban J connectivity index is 2.15. The molecule has 1 heterocycles. The van der Waals surface area contributed by atoms with E-state index in [0.717, 1.165) is 25.1 Å². The Morgan fingerprint density at radius 3 is 2.75 bits per heavy atom. The van der Waals surface area contributed by atoms with Gasteiger partial charge in [0.1, 0.15) is 0 Å². The smallest absolute Gasteiger partial charge is 0.254 e. The highest BCUT2D eigenvalue weighted by molar-refractivity contribution is 5.94. The molecule has 110 valence electrons. The Labute approximate surface area is 116 Å². The van der Waals surface area contributed by atoms with Crippen LogP contribution in [0.25, 0.3) is 0 Å². The lowest BCUT2D eigenvalue weighted by atomic mass is 9.77. The lowest BCUT2D eigenvalue weighted by molar-refractivity contribution is 0.0712. The third kappa shape index (κ3) is 2.95. The maximum atomic E-state index is 13.5. The molecule has 0 aliphatic heterocycles. The van der Waals surface area contributed by atoms with E-state index in [1.165, 1.54) is 0 Å². The molecule has 1 fully saturated rings. The zero-order chi connectivity index (χ0) is 14.8. The van der Waals surface area contributed by atoms with E-state index in [9.17, 15) is 18.7 Å². The summed E-state index contributed by atoms with van der Waals surface area (Å²) in [5.74, 6) is -2.73. The van der Waals surface area contributed by atoms with Crippen molar-refractivity contribution in [2.24, 2.45) is 5.92 Å². The van der Waals surface area contributed by atoms with E-state index in [4.69, 9.17) is 0 Å². The Kier molecular flexibility index (Phi) is 4.32. The summed E-state index contributed by atoms with van der Waals surface area (Å²) in [6, 6.07) is 1.13. The van der Waals surface area contributed by atoms with Gasteiger partial charge in [-0.15, -0.1) is 0 Å². The maximum absolute atomic E-state index is 13.5. The van der Waals surface area contributed by atoms with E-state index >= 15 is 0 Å². The minimum absolute atomic E-state index is 0.208. The lowest BCUT2D eigenvalue weighted by Gasteiger charge is -2.38. The molecular weight excluding hydrogens is 266 g/mol. The van der Waals surface area contributed by atoms with Crippen LogP contribution in [-0.4, -0.2) is 28.1 Å². The maximum Gasteiger partial charge on any atom is 0.254 e. The summed E-state index contributed by atoms with van der Waals surface area (Å²) in [5, 5.41) is 12.2. The van der Waals surface area contributed by atoms with Gasteiger partial charge in [0, 0.05) is 6.20 Å². The first-order valence-corrected chi connectivity index (χ1v) is 6.71. The molecule has 1 aliphatic rings. The van der Waals surface area contributed by atoms with Crippen molar-refractivity contribution in [2.75, 3.05) is 6.61 Å². The fraction of sp³-hybridized carbons (Fsp3) is 0.571. The molecule has 1 aromatic heterocycles. The molecule has 1 amide bonds. The number of pyridine rings is 1. The van der Waals surface area contributed by atoms with Crippen LogP contribution in [-0.2, 0) is 0 Å². The predicted molar refractivity (Wildman–Crippen MR) is 69.1 cm³/mol. The quantitative estimate of drug-likeness (QED) is 0.835. The van der Waals surface area contributed by atoms with Gasteiger partial charge in [-0.25, -0.2) is 9.37 Å². The number of nitrogens with one attached hydrogen (secondary N) is 1. The molecule has 2 rings (SSSR count). The zero-order valence-corrected chi connectivity index (χ0v) is 11.3. The van der Waals surface area contributed by atoms with Gasteiger partial charge in [0.05, 0.1) is 17.7 Å². The van der Waals surface area contributed by atoms with Crippen LogP contribution >= 0.6 is 0 Å². The minimum atomic E-state index is -1.30. The van der Waals surface area contributed by atoms with E-state index in [1.54, 1.807) is 0 Å². The van der Waals surface area contributed by atoms with Gasteiger partial charge >= 0.3 is 0 Å². The number of halogens is 2. The number of aromatic nitrogens is 1. The van der Waals surface area contributed by atoms with Crippen molar-refractivity contribution in [2.45, 2.75) is 38.1 Å². The molecule has 0 bridgehead atoms. The molecule has 4 nitrogen and oxygen atoms in total. The summed E-state index contributed by atoms with van der Waals surface area (Å²) < 4.78 is 26.6. The SMILES string of the molecule is CC1CCC(CO)(NC(=O)c2ccnc(F)c2F)CC1. The zero-order valence-electron chi connectivity index (χ0n) is 11.3. The van der Waals surface area contributed by atoms with Crippen molar-refractivity contribution in [3.63, 3.8) is 0 Å². The number of rotatable bonds is 3. The summed E-state index contributed by atoms with van der Waals surface area (Å²) in [4.78, 5) is 15.2. The van der Waals surface area contributed by atoms with E-state index in [1.807, 2.05) is 0 Å². The van der Waals surface area contributed by atoms with Gasteiger partial charge in [0.15, 0.2) is 5.82 Å². The van der Waals surface area contributed by atoms with Gasteiger partial charge in [-0.1, -0.05) is 6.92 Å². The summed E-state index contributed by atoms with van der Waals surface area (Å²) in [7, 11) is 0. The van der Waals surface area contributed by atoms with Gasteiger partial charge in [-0.3, -0.25) is 4.79 Å². The van der Waals surface area contributed by atoms with Crippen LogP contribution in [0.4, 0.5) is 8.78 Å². The van der Waals surface area contributed by atoms with Gasteiger partial charge in [-0.05, 0) is 37.7 Å². The molecule has 0 radical (unpaired) electrons.